The van der Waals surface area contributed by atoms with Crippen LogP contribution in [0.15, 0.2) is 5.38 Å². The molecule has 0 unspecified atom stereocenters. The van der Waals surface area contributed by atoms with E-state index in [0.29, 0.717) is 0 Å². The molecule has 1 aliphatic carbocycles. The summed E-state index contributed by atoms with van der Waals surface area (Å²) in [7, 11) is 2.06. The zero-order valence-corrected chi connectivity index (χ0v) is 11.7. The molecule has 2 nitrogen and oxygen atoms in total. The Kier molecular flexibility index (Phi) is 2.87. The predicted octanol–water partition coefficient (Wildman–Crippen LogP) is 3.29. The van der Waals surface area contributed by atoms with E-state index in [2.05, 4.69) is 45.4 Å². The van der Waals surface area contributed by atoms with Crippen LogP contribution in [0.5, 0.6) is 0 Å². The number of rotatable bonds is 2. The average molecular weight is 238 g/mol. The van der Waals surface area contributed by atoms with E-state index in [-0.39, 0.29) is 11.0 Å². The SMILES string of the molecule is CNC1(c2nc(C(C)(C)C)cs2)CC(C)C1. The molecule has 2 rings (SSSR count). The summed E-state index contributed by atoms with van der Waals surface area (Å²) in [6.07, 6.45) is 2.45. The van der Waals surface area contributed by atoms with Crippen molar-refractivity contribution in [1.82, 2.24) is 10.3 Å². The molecule has 1 heterocycles. The molecule has 1 saturated carbocycles. The number of aromatic nitrogens is 1. The van der Waals surface area contributed by atoms with Crippen molar-refractivity contribution in [3.63, 3.8) is 0 Å². The van der Waals surface area contributed by atoms with Gasteiger partial charge in [0.15, 0.2) is 0 Å². The first kappa shape index (κ1) is 12.1. The summed E-state index contributed by atoms with van der Waals surface area (Å²) in [6, 6.07) is 0. The maximum atomic E-state index is 4.84. The summed E-state index contributed by atoms with van der Waals surface area (Å²) in [5.41, 5.74) is 1.56. The first-order valence-electron chi connectivity index (χ1n) is 6.03. The quantitative estimate of drug-likeness (QED) is 0.855. The van der Waals surface area contributed by atoms with Gasteiger partial charge in [0.25, 0.3) is 0 Å². The molecule has 1 aromatic heterocycles. The summed E-state index contributed by atoms with van der Waals surface area (Å²) in [4.78, 5) is 4.84. The van der Waals surface area contributed by atoms with Crippen LogP contribution in [-0.4, -0.2) is 12.0 Å². The maximum Gasteiger partial charge on any atom is 0.113 e. The average Bonchev–Trinajstić information content (AvgIpc) is 2.60. The summed E-state index contributed by atoms with van der Waals surface area (Å²) in [5, 5.41) is 6.97. The van der Waals surface area contributed by atoms with Crippen LogP contribution < -0.4 is 5.32 Å². The van der Waals surface area contributed by atoms with Crippen molar-refractivity contribution in [2.24, 2.45) is 5.92 Å². The second-order valence-electron chi connectivity index (χ2n) is 6.13. The van der Waals surface area contributed by atoms with Crippen molar-refractivity contribution in [2.75, 3.05) is 7.05 Å². The molecule has 0 spiro atoms. The summed E-state index contributed by atoms with van der Waals surface area (Å²) in [6.45, 7) is 8.98. The van der Waals surface area contributed by atoms with Gasteiger partial charge in [-0.25, -0.2) is 4.98 Å². The van der Waals surface area contributed by atoms with Gasteiger partial charge in [0.2, 0.25) is 0 Å². The van der Waals surface area contributed by atoms with Gasteiger partial charge in [0.1, 0.15) is 5.01 Å². The Labute approximate surface area is 102 Å². The number of hydrogen-bond acceptors (Lipinski definition) is 3. The maximum absolute atomic E-state index is 4.84. The second kappa shape index (κ2) is 3.81. The van der Waals surface area contributed by atoms with Crippen molar-refractivity contribution in [3.05, 3.63) is 16.1 Å². The van der Waals surface area contributed by atoms with Crippen LogP contribution in [0.4, 0.5) is 0 Å². The molecule has 0 aromatic carbocycles. The Morgan fingerprint density at radius 1 is 1.44 bits per heavy atom. The van der Waals surface area contributed by atoms with E-state index in [4.69, 9.17) is 4.98 Å². The molecular weight excluding hydrogens is 216 g/mol. The highest BCUT2D eigenvalue weighted by Gasteiger charge is 2.44. The number of thiazole rings is 1. The van der Waals surface area contributed by atoms with Crippen molar-refractivity contribution in [2.45, 2.75) is 51.5 Å². The van der Waals surface area contributed by atoms with Crippen LogP contribution in [0.2, 0.25) is 0 Å². The van der Waals surface area contributed by atoms with Gasteiger partial charge in [0.05, 0.1) is 11.2 Å². The van der Waals surface area contributed by atoms with Gasteiger partial charge >= 0.3 is 0 Å². The minimum atomic E-state index is 0.166. The van der Waals surface area contributed by atoms with Gasteiger partial charge in [-0.2, -0.15) is 0 Å². The summed E-state index contributed by atoms with van der Waals surface area (Å²) in [5.74, 6) is 0.828. The van der Waals surface area contributed by atoms with Crippen molar-refractivity contribution < 1.29 is 0 Å². The summed E-state index contributed by atoms with van der Waals surface area (Å²) < 4.78 is 0. The normalized spacial score (nSPS) is 30.2. The van der Waals surface area contributed by atoms with Crippen LogP contribution in [0, 0.1) is 5.92 Å². The fraction of sp³-hybridized carbons (Fsp3) is 0.769. The highest BCUT2D eigenvalue weighted by molar-refractivity contribution is 7.09. The zero-order chi connectivity index (χ0) is 12.0. The van der Waals surface area contributed by atoms with E-state index < -0.39 is 0 Å². The van der Waals surface area contributed by atoms with Crippen LogP contribution in [-0.2, 0) is 11.0 Å². The van der Waals surface area contributed by atoms with Gasteiger partial charge in [-0.15, -0.1) is 11.3 Å². The standard InChI is InChI=1S/C13H22N2S/c1-9-6-13(7-9,14-5)11-15-10(8-16-11)12(2,3)4/h8-9,14H,6-7H2,1-5H3. The van der Waals surface area contributed by atoms with Crippen LogP contribution in [0.1, 0.15) is 51.2 Å². The highest BCUT2D eigenvalue weighted by atomic mass is 32.1. The third-order valence-corrected chi connectivity index (χ3v) is 4.60. The van der Waals surface area contributed by atoms with E-state index in [9.17, 15) is 0 Å². The van der Waals surface area contributed by atoms with Gasteiger partial charge in [-0.05, 0) is 25.8 Å². The molecular formula is C13H22N2S. The molecule has 0 amide bonds. The molecule has 1 fully saturated rings. The van der Waals surface area contributed by atoms with Crippen molar-refractivity contribution >= 4 is 11.3 Å². The van der Waals surface area contributed by atoms with Gasteiger partial charge in [0, 0.05) is 10.8 Å². The van der Waals surface area contributed by atoms with Gasteiger partial charge in [-0.3, -0.25) is 0 Å². The third-order valence-electron chi connectivity index (χ3n) is 3.55. The molecule has 3 heteroatoms. The Morgan fingerprint density at radius 2 is 2.06 bits per heavy atom. The molecule has 1 aromatic rings. The molecule has 1 aliphatic rings. The fourth-order valence-corrected chi connectivity index (χ4v) is 3.73. The van der Waals surface area contributed by atoms with Crippen LogP contribution in [0.25, 0.3) is 0 Å². The van der Waals surface area contributed by atoms with Gasteiger partial charge < -0.3 is 5.32 Å². The molecule has 90 valence electrons. The Balaban J connectivity index is 2.25. The number of nitrogens with one attached hydrogen (secondary N) is 1. The summed E-state index contributed by atoms with van der Waals surface area (Å²) >= 11 is 1.81. The van der Waals surface area contributed by atoms with E-state index in [1.165, 1.54) is 23.5 Å². The molecule has 0 atom stereocenters. The van der Waals surface area contributed by atoms with E-state index in [1.807, 2.05) is 11.3 Å². The Bertz CT molecular complexity index is 370. The molecule has 0 bridgehead atoms. The van der Waals surface area contributed by atoms with Crippen LogP contribution in [0.3, 0.4) is 0 Å². The highest BCUT2D eigenvalue weighted by Crippen LogP contribution is 2.46. The smallest absolute Gasteiger partial charge is 0.113 e. The van der Waals surface area contributed by atoms with Crippen molar-refractivity contribution in [1.29, 1.82) is 0 Å². The topological polar surface area (TPSA) is 24.9 Å². The second-order valence-corrected chi connectivity index (χ2v) is 6.99. The monoisotopic (exact) mass is 238 g/mol. The Hall–Kier alpha value is -0.410. The third kappa shape index (κ3) is 1.91. The first-order chi connectivity index (χ1) is 7.37. The molecule has 0 saturated heterocycles. The molecule has 0 aliphatic heterocycles. The van der Waals surface area contributed by atoms with E-state index in [0.717, 1.165) is 5.92 Å². The largest absolute Gasteiger partial charge is 0.308 e. The first-order valence-corrected chi connectivity index (χ1v) is 6.91. The van der Waals surface area contributed by atoms with Crippen molar-refractivity contribution in [3.8, 4) is 0 Å². The number of nitrogens with zero attached hydrogens (tertiary/aromatic N) is 1. The molecule has 16 heavy (non-hydrogen) atoms. The molecule has 1 N–H and O–H groups in total. The zero-order valence-electron chi connectivity index (χ0n) is 10.9. The van der Waals surface area contributed by atoms with E-state index >= 15 is 0 Å². The lowest BCUT2D eigenvalue weighted by molar-refractivity contribution is 0.124. The Morgan fingerprint density at radius 3 is 2.44 bits per heavy atom. The van der Waals surface area contributed by atoms with Gasteiger partial charge in [-0.1, -0.05) is 27.7 Å². The lowest BCUT2D eigenvalue weighted by atomic mass is 9.69. The lowest BCUT2D eigenvalue weighted by Crippen LogP contribution is -2.50. The van der Waals surface area contributed by atoms with Crippen LogP contribution >= 0.6 is 11.3 Å². The minimum absolute atomic E-state index is 0.166. The predicted molar refractivity (Wildman–Crippen MR) is 69.9 cm³/mol. The lowest BCUT2D eigenvalue weighted by Gasteiger charge is -2.45. The minimum Gasteiger partial charge on any atom is -0.308 e. The molecule has 0 radical (unpaired) electrons. The fourth-order valence-electron chi connectivity index (χ4n) is 2.45. The van der Waals surface area contributed by atoms with E-state index in [1.54, 1.807) is 0 Å². The number of hydrogen-bond donors (Lipinski definition) is 1.